The third kappa shape index (κ3) is 3.68. The molecule has 0 amide bonds. The number of hydrogen-bond donors (Lipinski definition) is 2. The van der Waals surface area contributed by atoms with Crippen molar-refractivity contribution in [1.29, 1.82) is 0 Å². The predicted molar refractivity (Wildman–Crippen MR) is 104 cm³/mol. The van der Waals surface area contributed by atoms with Gasteiger partial charge in [0.2, 0.25) is 0 Å². The lowest BCUT2D eigenvalue weighted by molar-refractivity contribution is 0.203. The summed E-state index contributed by atoms with van der Waals surface area (Å²) in [7, 11) is 0. The molecule has 2 aliphatic rings. The van der Waals surface area contributed by atoms with E-state index in [9.17, 15) is 0 Å². The molecule has 24 heavy (non-hydrogen) atoms. The molecule has 0 aliphatic heterocycles. The normalized spacial score (nSPS) is 23.6. The van der Waals surface area contributed by atoms with E-state index in [1.807, 2.05) is 0 Å². The van der Waals surface area contributed by atoms with Crippen molar-refractivity contribution < 1.29 is 0 Å². The summed E-state index contributed by atoms with van der Waals surface area (Å²) in [5.41, 5.74) is 6.23. The maximum absolute atomic E-state index is 4.24. The second-order valence-electron chi connectivity index (χ2n) is 8.43. The average molecular weight is 325 g/mol. The zero-order valence-electron chi connectivity index (χ0n) is 15.7. The molecule has 2 nitrogen and oxygen atoms in total. The molecule has 2 heteroatoms. The fraction of sp³-hybridized carbons (Fsp3) is 0.545. The topological polar surface area (TPSA) is 24.1 Å². The molecule has 0 aromatic heterocycles. The molecular formula is C22H32N2. The number of fused-ring (bicyclic) bond motifs is 1. The first kappa shape index (κ1) is 17.1. The van der Waals surface area contributed by atoms with Gasteiger partial charge in [0.25, 0.3) is 0 Å². The Morgan fingerprint density at radius 3 is 2.75 bits per heavy atom. The summed E-state index contributed by atoms with van der Waals surface area (Å²) in [6.45, 7) is 13.5. The highest BCUT2D eigenvalue weighted by Crippen LogP contribution is 2.36. The quantitative estimate of drug-likeness (QED) is 0.794. The van der Waals surface area contributed by atoms with Gasteiger partial charge in [-0.15, -0.1) is 0 Å². The van der Waals surface area contributed by atoms with Crippen molar-refractivity contribution >= 4 is 5.57 Å². The van der Waals surface area contributed by atoms with Crippen LogP contribution in [0.5, 0.6) is 0 Å². The van der Waals surface area contributed by atoms with Crippen LogP contribution >= 0.6 is 0 Å². The van der Waals surface area contributed by atoms with Gasteiger partial charge in [0.05, 0.1) is 5.82 Å². The van der Waals surface area contributed by atoms with E-state index in [1.54, 1.807) is 0 Å². The van der Waals surface area contributed by atoms with Gasteiger partial charge < -0.3 is 10.6 Å². The predicted octanol–water partition coefficient (Wildman–Crippen LogP) is 5.02. The maximum atomic E-state index is 4.24. The van der Waals surface area contributed by atoms with E-state index in [4.69, 9.17) is 0 Å². The summed E-state index contributed by atoms with van der Waals surface area (Å²) in [6, 6.07) is 9.62. The molecular weight excluding hydrogens is 292 g/mol. The summed E-state index contributed by atoms with van der Waals surface area (Å²) in [4.78, 5) is 0. The first-order valence-electron chi connectivity index (χ1n) is 9.35. The molecule has 130 valence electrons. The molecule has 0 bridgehead atoms. The van der Waals surface area contributed by atoms with Crippen molar-refractivity contribution in [1.82, 2.24) is 10.6 Å². The summed E-state index contributed by atoms with van der Waals surface area (Å²) in [6.07, 6.45) is 6.19. The minimum absolute atomic E-state index is 0.314. The number of hydrogen-bond acceptors (Lipinski definition) is 2. The number of allylic oxidation sites excluding steroid dienone is 1. The van der Waals surface area contributed by atoms with Gasteiger partial charge in [-0.2, -0.15) is 0 Å². The SMILES string of the molecule is C=C(NC1CCCC(C)(C)C1)NC(C)C1=C(C)c2ccccc2C1. The van der Waals surface area contributed by atoms with Crippen molar-refractivity contribution in [2.45, 2.75) is 71.9 Å². The molecule has 1 aromatic carbocycles. The van der Waals surface area contributed by atoms with Crippen LogP contribution in [0.2, 0.25) is 0 Å². The molecule has 0 radical (unpaired) electrons. The highest BCUT2D eigenvalue weighted by molar-refractivity contribution is 5.75. The zero-order chi connectivity index (χ0) is 17.3. The van der Waals surface area contributed by atoms with Crippen molar-refractivity contribution in [2.75, 3.05) is 0 Å². The highest BCUT2D eigenvalue weighted by Gasteiger charge is 2.28. The van der Waals surface area contributed by atoms with Gasteiger partial charge in [-0.25, -0.2) is 0 Å². The van der Waals surface area contributed by atoms with Gasteiger partial charge in [0.1, 0.15) is 0 Å². The molecule has 1 fully saturated rings. The zero-order valence-corrected chi connectivity index (χ0v) is 15.7. The van der Waals surface area contributed by atoms with E-state index in [2.05, 4.69) is 69.2 Å². The van der Waals surface area contributed by atoms with E-state index in [0.29, 0.717) is 17.5 Å². The molecule has 2 N–H and O–H groups in total. The van der Waals surface area contributed by atoms with Gasteiger partial charge in [0, 0.05) is 12.1 Å². The molecule has 2 unspecified atom stereocenters. The number of nitrogens with one attached hydrogen (secondary N) is 2. The van der Waals surface area contributed by atoms with E-state index in [0.717, 1.165) is 12.2 Å². The molecule has 0 heterocycles. The lowest BCUT2D eigenvalue weighted by Gasteiger charge is -2.36. The highest BCUT2D eigenvalue weighted by atomic mass is 15.1. The molecule has 1 aromatic rings. The van der Waals surface area contributed by atoms with Gasteiger partial charge in [0.15, 0.2) is 0 Å². The van der Waals surface area contributed by atoms with Crippen molar-refractivity contribution in [3.63, 3.8) is 0 Å². The third-order valence-corrected chi connectivity index (χ3v) is 5.78. The Bertz CT molecular complexity index is 654. The second kappa shape index (κ2) is 6.66. The Morgan fingerprint density at radius 2 is 2.04 bits per heavy atom. The third-order valence-electron chi connectivity index (χ3n) is 5.78. The fourth-order valence-corrected chi connectivity index (χ4v) is 4.49. The lowest BCUT2D eigenvalue weighted by Crippen LogP contribution is -2.42. The summed E-state index contributed by atoms with van der Waals surface area (Å²) in [5, 5.41) is 7.23. The van der Waals surface area contributed by atoms with Crippen LogP contribution in [0.3, 0.4) is 0 Å². The van der Waals surface area contributed by atoms with E-state index < -0.39 is 0 Å². The van der Waals surface area contributed by atoms with E-state index >= 15 is 0 Å². The maximum Gasteiger partial charge on any atom is 0.0919 e. The van der Waals surface area contributed by atoms with Gasteiger partial charge in [-0.1, -0.05) is 51.1 Å². The van der Waals surface area contributed by atoms with Crippen LogP contribution in [-0.2, 0) is 6.42 Å². The summed E-state index contributed by atoms with van der Waals surface area (Å²) >= 11 is 0. The average Bonchev–Trinajstić information content (AvgIpc) is 2.84. The Hall–Kier alpha value is -1.70. The first-order valence-corrected chi connectivity index (χ1v) is 9.35. The summed E-state index contributed by atoms with van der Waals surface area (Å²) in [5.74, 6) is 0.974. The van der Waals surface area contributed by atoms with Crippen molar-refractivity contribution in [3.05, 3.63) is 53.4 Å². The Labute approximate surface area is 147 Å². The Balaban J connectivity index is 1.58. The molecule has 2 aliphatic carbocycles. The number of benzene rings is 1. The monoisotopic (exact) mass is 324 g/mol. The van der Waals surface area contributed by atoms with Crippen molar-refractivity contribution in [3.8, 4) is 0 Å². The minimum Gasteiger partial charge on any atom is -0.370 e. The molecule has 1 saturated carbocycles. The molecule has 2 atom stereocenters. The Kier molecular flexibility index (Phi) is 4.76. The van der Waals surface area contributed by atoms with Crippen LogP contribution in [0.25, 0.3) is 5.57 Å². The molecule has 3 rings (SSSR count). The fourth-order valence-electron chi connectivity index (χ4n) is 4.49. The van der Waals surface area contributed by atoms with Gasteiger partial charge >= 0.3 is 0 Å². The van der Waals surface area contributed by atoms with E-state index in [-0.39, 0.29) is 0 Å². The first-order chi connectivity index (χ1) is 11.4. The molecule has 0 spiro atoms. The Morgan fingerprint density at radius 1 is 1.29 bits per heavy atom. The second-order valence-corrected chi connectivity index (χ2v) is 8.43. The van der Waals surface area contributed by atoms with Gasteiger partial charge in [-0.3, -0.25) is 0 Å². The van der Waals surface area contributed by atoms with Crippen LogP contribution < -0.4 is 10.6 Å². The largest absolute Gasteiger partial charge is 0.370 e. The number of rotatable bonds is 5. The van der Waals surface area contributed by atoms with Crippen LogP contribution in [0, 0.1) is 5.41 Å². The molecule has 0 saturated heterocycles. The van der Waals surface area contributed by atoms with Crippen LogP contribution in [-0.4, -0.2) is 12.1 Å². The van der Waals surface area contributed by atoms with Crippen LogP contribution in [0.1, 0.15) is 64.5 Å². The lowest BCUT2D eigenvalue weighted by atomic mass is 9.75. The minimum atomic E-state index is 0.314. The van der Waals surface area contributed by atoms with E-state index in [1.165, 1.54) is 48.0 Å². The summed E-state index contributed by atoms with van der Waals surface area (Å²) < 4.78 is 0. The van der Waals surface area contributed by atoms with Crippen LogP contribution in [0.4, 0.5) is 0 Å². The van der Waals surface area contributed by atoms with Crippen molar-refractivity contribution in [2.24, 2.45) is 5.41 Å². The van der Waals surface area contributed by atoms with Crippen LogP contribution in [0.15, 0.2) is 42.2 Å². The van der Waals surface area contributed by atoms with Gasteiger partial charge in [-0.05, 0) is 67.2 Å². The smallest absolute Gasteiger partial charge is 0.0919 e. The standard InChI is InChI=1S/C22H32N2/c1-15-20-11-7-6-9-18(20)13-21(15)16(2)23-17(3)24-19-10-8-12-22(4,5)14-19/h6-7,9,11,16,19,23-24H,3,8,10,12-14H2,1-2,4-5H3.